The zero-order valence-electron chi connectivity index (χ0n) is 13.9. The van der Waals surface area contributed by atoms with Crippen LogP contribution in [0.15, 0.2) is 30.5 Å². The lowest BCUT2D eigenvalue weighted by molar-refractivity contribution is -0.274. The summed E-state index contributed by atoms with van der Waals surface area (Å²) >= 11 is 18.8. The molecule has 0 saturated carbocycles. The van der Waals surface area contributed by atoms with Gasteiger partial charge in [-0.15, -0.1) is 13.2 Å². The SMILES string of the molecule is FC(F)(F)Oc1ccc([C@@H](c2c(Cl)cnc(Cl)c2Cl)N2CCNCC2)cc1. The highest BCUT2D eigenvalue weighted by atomic mass is 35.5. The predicted octanol–water partition coefficient (Wildman–Crippen LogP) is 4.94. The molecule has 1 atom stereocenters. The fourth-order valence-corrected chi connectivity index (χ4v) is 3.76. The van der Waals surface area contributed by atoms with Gasteiger partial charge in [0, 0.05) is 37.9 Å². The van der Waals surface area contributed by atoms with Crippen LogP contribution in [0.25, 0.3) is 0 Å². The molecule has 1 N–H and O–H groups in total. The van der Waals surface area contributed by atoms with Crippen LogP contribution < -0.4 is 10.1 Å². The van der Waals surface area contributed by atoms with Crippen molar-refractivity contribution >= 4 is 34.8 Å². The molecule has 1 aromatic carbocycles. The van der Waals surface area contributed by atoms with Crippen LogP contribution in [0.5, 0.6) is 5.75 Å². The van der Waals surface area contributed by atoms with Crippen molar-refractivity contribution in [2.75, 3.05) is 26.2 Å². The standard InChI is InChI=1S/C17H15Cl3F3N3O/c18-12-9-25-16(20)14(19)13(12)15(26-7-5-24-6-8-26)10-1-3-11(4-2-10)27-17(21,22)23/h1-4,9,15,24H,5-8H2/t15-/m0/s1. The Morgan fingerprint density at radius 2 is 1.70 bits per heavy atom. The topological polar surface area (TPSA) is 37.4 Å². The van der Waals surface area contributed by atoms with E-state index in [4.69, 9.17) is 34.8 Å². The Bertz CT molecular complexity index is 796. The molecule has 0 radical (unpaired) electrons. The number of rotatable bonds is 4. The second kappa shape index (κ2) is 8.41. The lowest BCUT2D eigenvalue weighted by atomic mass is 9.97. The number of pyridine rings is 1. The summed E-state index contributed by atoms with van der Waals surface area (Å²) in [5, 5.41) is 3.94. The van der Waals surface area contributed by atoms with Crippen molar-refractivity contribution in [3.8, 4) is 5.75 Å². The first-order valence-electron chi connectivity index (χ1n) is 8.06. The van der Waals surface area contributed by atoms with E-state index in [1.165, 1.54) is 18.3 Å². The van der Waals surface area contributed by atoms with Gasteiger partial charge < -0.3 is 10.1 Å². The van der Waals surface area contributed by atoms with Gasteiger partial charge in [-0.2, -0.15) is 0 Å². The third kappa shape index (κ3) is 4.97. The first kappa shape index (κ1) is 20.5. The fourth-order valence-electron chi connectivity index (χ4n) is 3.06. The summed E-state index contributed by atoms with van der Waals surface area (Å²) in [5.74, 6) is -0.296. The smallest absolute Gasteiger partial charge is 0.406 e. The van der Waals surface area contributed by atoms with Crippen molar-refractivity contribution in [3.63, 3.8) is 0 Å². The van der Waals surface area contributed by atoms with Crippen LogP contribution in [-0.2, 0) is 0 Å². The molecule has 4 nitrogen and oxygen atoms in total. The number of nitrogens with one attached hydrogen (secondary N) is 1. The lowest BCUT2D eigenvalue weighted by Crippen LogP contribution is -2.45. The highest BCUT2D eigenvalue weighted by Gasteiger charge is 2.32. The van der Waals surface area contributed by atoms with E-state index in [1.807, 2.05) is 0 Å². The molecule has 1 aliphatic rings. The minimum atomic E-state index is -4.75. The zero-order valence-corrected chi connectivity index (χ0v) is 16.1. The van der Waals surface area contributed by atoms with Crippen LogP contribution in [0.1, 0.15) is 17.2 Å². The molecule has 3 rings (SSSR count). The van der Waals surface area contributed by atoms with E-state index < -0.39 is 6.36 Å². The van der Waals surface area contributed by atoms with Gasteiger partial charge in [0.1, 0.15) is 10.9 Å². The molecule has 0 spiro atoms. The number of piperazine rings is 1. The van der Waals surface area contributed by atoms with Gasteiger partial charge in [0.2, 0.25) is 0 Å². The van der Waals surface area contributed by atoms with Crippen LogP contribution >= 0.6 is 34.8 Å². The number of hydrogen-bond acceptors (Lipinski definition) is 4. The minimum Gasteiger partial charge on any atom is -0.406 e. The number of nitrogens with zero attached hydrogens (tertiary/aromatic N) is 2. The van der Waals surface area contributed by atoms with Crippen LogP contribution in [0.4, 0.5) is 13.2 Å². The molecular formula is C17H15Cl3F3N3O. The van der Waals surface area contributed by atoms with Crippen LogP contribution in [-0.4, -0.2) is 42.4 Å². The number of benzene rings is 1. The molecule has 1 saturated heterocycles. The summed E-state index contributed by atoms with van der Waals surface area (Å²) in [7, 11) is 0. The fraction of sp³-hybridized carbons (Fsp3) is 0.353. The zero-order chi connectivity index (χ0) is 19.6. The number of ether oxygens (including phenoxy) is 1. The molecule has 0 bridgehead atoms. The number of alkyl halides is 3. The molecular weight excluding hydrogens is 426 g/mol. The van der Waals surface area contributed by atoms with E-state index in [0.29, 0.717) is 23.7 Å². The van der Waals surface area contributed by atoms with Gasteiger partial charge in [-0.05, 0) is 17.7 Å². The van der Waals surface area contributed by atoms with Gasteiger partial charge in [0.15, 0.2) is 0 Å². The monoisotopic (exact) mass is 439 g/mol. The Morgan fingerprint density at radius 1 is 1.07 bits per heavy atom. The van der Waals surface area contributed by atoms with Crippen LogP contribution in [0, 0.1) is 0 Å². The second-order valence-electron chi connectivity index (χ2n) is 5.93. The summed E-state index contributed by atoms with van der Waals surface area (Å²) in [6.07, 6.45) is -3.33. The molecule has 2 heterocycles. The Kier molecular flexibility index (Phi) is 6.38. The molecule has 146 valence electrons. The molecule has 2 aromatic rings. The van der Waals surface area contributed by atoms with Crippen LogP contribution in [0.2, 0.25) is 15.2 Å². The predicted molar refractivity (Wildman–Crippen MR) is 98.7 cm³/mol. The highest BCUT2D eigenvalue weighted by molar-refractivity contribution is 6.43. The molecule has 0 aliphatic carbocycles. The summed E-state index contributed by atoms with van der Waals surface area (Å²) in [6.45, 7) is 2.94. The number of halogens is 6. The maximum absolute atomic E-state index is 12.4. The number of aromatic nitrogens is 1. The van der Waals surface area contributed by atoms with Crippen molar-refractivity contribution in [2.24, 2.45) is 0 Å². The molecule has 10 heteroatoms. The van der Waals surface area contributed by atoms with E-state index in [1.54, 1.807) is 12.1 Å². The average Bonchev–Trinajstić information content (AvgIpc) is 2.62. The van der Waals surface area contributed by atoms with Crippen molar-refractivity contribution in [2.45, 2.75) is 12.4 Å². The summed E-state index contributed by atoms with van der Waals surface area (Å²) in [4.78, 5) is 6.08. The van der Waals surface area contributed by atoms with E-state index in [-0.39, 0.29) is 22.0 Å². The van der Waals surface area contributed by atoms with Gasteiger partial charge in [0.05, 0.1) is 16.1 Å². The lowest BCUT2D eigenvalue weighted by Gasteiger charge is -2.36. The van der Waals surface area contributed by atoms with E-state index in [0.717, 1.165) is 18.7 Å². The summed E-state index contributed by atoms with van der Waals surface area (Å²) < 4.78 is 41.2. The van der Waals surface area contributed by atoms with Gasteiger partial charge in [-0.1, -0.05) is 46.9 Å². The third-order valence-electron chi connectivity index (χ3n) is 4.19. The third-order valence-corrected chi connectivity index (χ3v) is 5.25. The number of hydrogen-bond donors (Lipinski definition) is 1. The normalized spacial score (nSPS) is 17.0. The van der Waals surface area contributed by atoms with E-state index >= 15 is 0 Å². The van der Waals surface area contributed by atoms with Gasteiger partial charge in [0.25, 0.3) is 0 Å². The Labute approximate surface area is 169 Å². The molecule has 0 amide bonds. The largest absolute Gasteiger partial charge is 0.573 e. The first-order valence-corrected chi connectivity index (χ1v) is 9.19. The second-order valence-corrected chi connectivity index (χ2v) is 7.07. The Hall–Kier alpha value is -1.25. The van der Waals surface area contributed by atoms with E-state index in [9.17, 15) is 13.2 Å². The molecule has 1 aliphatic heterocycles. The van der Waals surface area contributed by atoms with E-state index in [2.05, 4.69) is 19.9 Å². The van der Waals surface area contributed by atoms with Crippen LogP contribution in [0.3, 0.4) is 0 Å². The van der Waals surface area contributed by atoms with Crippen molar-refractivity contribution < 1.29 is 17.9 Å². The minimum absolute atomic E-state index is 0.119. The van der Waals surface area contributed by atoms with Crippen molar-refractivity contribution in [3.05, 3.63) is 56.8 Å². The maximum atomic E-state index is 12.4. The molecule has 1 fully saturated rings. The van der Waals surface area contributed by atoms with Crippen molar-refractivity contribution in [1.82, 2.24) is 15.2 Å². The highest BCUT2D eigenvalue weighted by Crippen LogP contribution is 2.40. The Morgan fingerprint density at radius 3 is 2.30 bits per heavy atom. The van der Waals surface area contributed by atoms with Gasteiger partial charge in [-0.25, -0.2) is 4.98 Å². The first-order chi connectivity index (χ1) is 12.8. The maximum Gasteiger partial charge on any atom is 0.573 e. The summed E-state index contributed by atoms with van der Waals surface area (Å²) in [5.41, 5.74) is 1.29. The summed E-state index contributed by atoms with van der Waals surface area (Å²) in [6, 6.07) is 5.28. The quantitative estimate of drug-likeness (QED) is 0.684. The molecule has 0 unspecified atom stereocenters. The average molecular weight is 441 g/mol. The Balaban J connectivity index is 2.02. The molecule has 27 heavy (non-hydrogen) atoms. The molecule has 1 aromatic heterocycles. The van der Waals surface area contributed by atoms with Crippen molar-refractivity contribution in [1.29, 1.82) is 0 Å². The van der Waals surface area contributed by atoms with Gasteiger partial charge >= 0.3 is 6.36 Å². The van der Waals surface area contributed by atoms with Gasteiger partial charge in [-0.3, -0.25) is 4.90 Å².